The minimum atomic E-state index is -0.450. The molecule has 0 aromatic heterocycles. The number of ether oxygens (including phenoxy) is 1. The van der Waals surface area contributed by atoms with Gasteiger partial charge in [-0.15, -0.1) is 0 Å². The van der Waals surface area contributed by atoms with Crippen LogP contribution in [0.4, 0.5) is 10.1 Å². The van der Waals surface area contributed by atoms with Crippen molar-refractivity contribution >= 4 is 29.1 Å². The van der Waals surface area contributed by atoms with E-state index >= 15 is 0 Å². The summed E-state index contributed by atoms with van der Waals surface area (Å²) in [6.45, 7) is 1.46. The van der Waals surface area contributed by atoms with Crippen LogP contribution in [-0.2, 0) is 9.59 Å². The standard InChI is InChI=1S/C18H18ClFN2O3/c1-12-8-15(6-7-16(12)19)25-11-18(24)22(2)10-17(23)21-14-5-3-4-13(20)9-14/h3-9H,10-11H2,1-2H3,(H,21,23). The molecule has 0 saturated heterocycles. The van der Waals surface area contributed by atoms with Gasteiger partial charge in [-0.1, -0.05) is 17.7 Å². The van der Waals surface area contributed by atoms with Crippen molar-refractivity contribution in [3.05, 3.63) is 58.9 Å². The highest BCUT2D eigenvalue weighted by Gasteiger charge is 2.14. The molecule has 2 rings (SSSR count). The van der Waals surface area contributed by atoms with Gasteiger partial charge in [-0.05, 0) is 48.9 Å². The Morgan fingerprint density at radius 2 is 2.00 bits per heavy atom. The Labute approximate surface area is 150 Å². The largest absolute Gasteiger partial charge is 0.484 e. The van der Waals surface area contributed by atoms with E-state index in [1.165, 1.54) is 30.1 Å². The average molecular weight is 365 g/mol. The predicted octanol–water partition coefficient (Wildman–Crippen LogP) is 3.26. The first-order valence-electron chi connectivity index (χ1n) is 7.53. The lowest BCUT2D eigenvalue weighted by Gasteiger charge is -2.17. The lowest BCUT2D eigenvalue weighted by molar-refractivity contribution is -0.135. The van der Waals surface area contributed by atoms with E-state index in [0.29, 0.717) is 16.5 Å². The van der Waals surface area contributed by atoms with Crippen LogP contribution in [0.15, 0.2) is 42.5 Å². The van der Waals surface area contributed by atoms with Crippen molar-refractivity contribution in [1.29, 1.82) is 0 Å². The maximum atomic E-state index is 13.1. The number of carbonyl (C=O) groups excluding carboxylic acids is 2. The summed E-state index contributed by atoms with van der Waals surface area (Å²) in [7, 11) is 1.49. The molecule has 0 saturated carbocycles. The highest BCUT2D eigenvalue weighted by Crippen LogP contribution is 2.21. The summed E-state index contributed by atoms with van der Waals surface area (Å²) in [5.41, 5.74) is 1.17. The van der Waals surface area contributed by atoms with E-state index in [2.05, 4.69) is 5.32 Å². The van der Waals surface area contributed by atoms with Crippen molar-refractivity contribution in [3.63, 3.8) is 0 Å². The van der Waals surface area contributed by atoms with Gasteiger partial charge >= 0.3 is 0 Å². The molecule has 25 heavy (non-hydrogen) atoms. The molecule has 2 amide bonds. The third-order valence-electron chi connectivity index (χ3n) is 3.41. The highest BCUT2D eigenvalue weighted by molar-refractivity contribution is 6.31. The maximum absolute atomic E-state index is 13.1. The molecule has 0 atom stereocenters. The smallest absolute Gasteiger partial charge is 0.260 e. The Morgan fingerprint density at radius 3 is 2.68 bits per heavy atom. The van der Waals surface area contributed by atoms with E-state index in [4.69, 9.17) is 16.3 Å². The molecule has 0 radical (unpaired) electrons. The molecule has 0 aliphatic rings. The van der Waals surface area contributed by atoms with Crippen molar-refractivity contribution in [3.8, 4) is 5.75 Å². The summed E-state index contributed by atoms with van der Waals surface area (Å²) in [4.78, 5) is 25.2. The molecular formula is C18H18ClFN2O3. The highest BCUT2D eigenvalue weighted by atomic mass is 35.5. The summed E-state index contributed by atoms with van der Waals surface area (Å²) in [5, 5.41) is 3.14. The number of anilines is 1. The van der Waals surface area contributed by atoms with Gasteiger partial charge in [0, 0.05) is 17.8 Å². The average Bonchev–Trinajstić information content (AvgIpc) is 2.55. The van der Waals surface area contributed by atoms with Gasteiger partial charge in [0.25, 0.3) is 5.91 Å². The zero-order valence-electron chi connectivity index (χ0n) is 13.9. The fourth-order valence-corrected chi connectivity index (χ4v) is 2.15. The third kappa shape index (κ3) is 5.76. The maximum Gasteiger partial charge on any atom is 0.260 e. The molecule has 0 unspecified atom stereocenters. The van der Waals surface area contributed by atoms with Crippen LogP contribution in [0.1, 0.15) is 5.56 Å². The monoisotopic (exact) mass is 364 g/mol. The fraction of sp³-hybridized carbons (Fsp3) is 0.222. The van der Waals surface area contributed by atoms with Crippen molar-refractivity contribution in [1.82, 2.24) is 4.90 Å². The van der Waals surface area contributed by atoms with Crippen molar-refractivity contribution in [2.75, 3.05) is 25.5 Å². The number of likely N-dealkylation sites (N-methyl/N-ethyl adjacent to an activating group) is 1. The van der Waals surface area contributed by atoms with Crippen LogP contribution in [0.3, 0.4) is 0 Å². The summed E-state index contributed by atoms with van der Waals surface area (Å²) in [6, 6.07) is 10.6. The first kappa shape index (κ1) is 18.7. The normalized spacial score (nSPS) is 10.2. The Bertz CT molecular complexity index is 783. The van der Waals surface area contributed by atoms with Crippen LogP contribution >= 0.6 is 11.6 Å². The molecule has 1 N–H and O–H groups in total. The molecule has 132 valence electrons. The minimum absolute atomic E-state index is 0.168. The third-order valence-corrected chi connectivity index (χ3v) is 3.83. The number of halogens is 2. The number of amides is 2. The number of aryl methyl sites for hydroxylation is 1. The molecule has 0 bridgehead atoms. The molecule has 7 heteroatoms. The first-order chi connectivity index (χ1) is 11.8. The van der Waals surface area contributed by atoms with E-state index in [9.17, 15) is 14.0 Å². The van der Waals surface area contributed by atoms with Crippen LogP contribution < -0.4 is 10.1 Å². The Balaban J connectivity index is 1.82. The molecule has 0 fully saturated rings. The van der Waals surface area contributed by atoms with E-state index in [-0.39, 0.29) is 19.1 Å². The molecule has 0 spiro atoms. The van der Waals surface area contributed by atoms with Crippen LogP contribution in [0.25, 0.3) is 0 Å². The second-order valence-corrected chi connectivity index (χ2v) is 5.92. The molecule has 2 aromatic carbocycles. The molecule has 0 heterocycles. The zero-order valence-corrected chi connectivity index (χ0v) is 14.6. The zero-order chi connectivity index (χ0) is 18.4. The number of hydrogen-bond donors (Lipinski definition) is 1. The Morgan fingerprint density at radius 1 is 1.24 bits per heavy atom. The van der Waals surface area contributed by atoms with Crippen molar-refractivity contribution in [2.45, 2.75) is 6.92 Å². The lowest BCUT2D eigenvalue weighted by atomic mass is 10.2. The Hall–Kier alpha value is -2.60. The minimum Gasteiger partial charge on any atom is -0.484 e. The summed E-state index contributed by atoms with van der Waals surface area (Å²) in [5.74, 6) is -0.715. The van der Waals surface area contributed by atoms with Crippen molar-refractivity contribution in [2.24, 2.45) is 0 Å². The predicted molar refractivity (Wildman–Crippen MR) is 94.4 cm³/mol. The Kier molecular flexibility index (Phi) is 6.36. The second kappa shape index (κ2) is 8.48. The molecular weight excluding hydrogens is 347 g/mol. The van der Waals surface area contributed by atoms with Crippen LogP contribution in [0, 0.1) is 12.7 Å². The number of nitrogens with one attached hydrogen (secondary N) is 1. The number of rotatable bonds is 6. The SMILES string of the molecule is Cc1cc(OCC(=O)N(C)CC(=O)Nc2cccc(F)c2)ccc1Cl. The molecule has 5 nitrogen and oxygen atoms in total. The molecule has 0 aliphatic carbocycles. The quantitative estimate of drug-likeness (QED) is 0.855. The number of nitrogens with zero attached hydrogens (tertiary/aromatic N) is 1. The molecule has 2 aromatic rings. The van der Waals surface area contributed by atoms with Crippen LogP contribution in [0.2, 0.25) is 5.02 Å². The second-order valence-electron chi connectivity index (χ2n) is 5.51. The fourth-order valence-electron chi connectivity index (χ4n) is 2.03. The van der Waals surface area contributed by atoms with E-state index < -0.39 is 11.7 Å². The van der Waals surface area contributed by atoms with Gasteiger partial charge < -0.3 is 15.0 Å². The van der Waals surface area contributed by atoms with E-state index in [1.54, 1.807) is 24.3 Å². The summed E-state index contributed by atoms with van der Waals surface area (Å²) >= 11 is 5.93. The van der Waals surface area contributed by atoms with Crippen molar-refractivity contribution < 1.29 is 18.7 Å². The molecule has 0 aliphatic heterocycles. The number of carbonyl (C=O) groups is 2. The van der Waals surface area contributed by atoms with Gasteiger partial charge in [-0.3, -0.25) is 9.59 Å². The summed E-state index contributed by atoms with van der Waals surface area (Å²) < 4.78 is 18.5. The van der Waals surface area contributed by atoms with Gasteiger partial charge in [0.2, 0.25) is 5.91 Å². The lowest BCUT2D eigenvalue weighted by Crippen LogP contribution is -2.37. The van der Waals surface area contributed by atoms with E-state index in [1.807, 2.05) is 6.92 Å². The van der Waals surface area contributed by atoms with E-state index in [0.717, 1.165) is 5.56 Å². The van der Waals surface area contributed by atoms with Crippen LogP contribution in [-0.4, -0.2) is 36.9 Å². The topological polar surface area (TPSA) is 58.6 Å². The van der Waals surface area contributed by atoms with Gasteiger partial charge in [-0.25, -0.2) is 4.39 Å². The van der Waals surface area contributed by atoms with Gasteiger partial charge in [0.15, 0.2) is 6.61 Å². The van der Waals surface area contributed by atoms with Crippen LogP contribution in [0.5, 0.6) is 5.75 Å². The van der Waals surface area contributed by atoms with Gasteiger partial charge in [-0.2, -0.15) is 0 Å². The number of hydrogen-bond acceptors (Lipinski definition) is 3. The van der Waals surface area contributed by atoms with Gasteiger partial charge in [0.1, 0.15) is 11.6 Å². The number of benzene rings is 2. The first-order valence-corrected chi connectivity index (χ1v) is 7.91. The van der Waals surface area contributed by atoms with Gasteiger partial charge in [0.05, 0.1) is 6.54 Å². The summed E-state index contributed by atoms with van der Waals surface area (Å²) in [6.07, 6.45) is 0.